The molecular formula is C24H19N3O5. The van der Waals surface area contributed by atoms with Gasteiger partial charge in [-0.15, -0.1) is 0 Å². The standard InChI is InChI=1S/C24H19N3O5/c1-31-16-13-11-15(12-14-16)27-23(29)18-8-4-3-7-17(18)21(26-27)22(28)25-20-10-6-5-9-19(20)24(30)32-2/h3-14H,1-2H3,(H,25,28). The highest BCUT2D eigenvalue weighted by atomic mass is 16.5. The molecule has 0 spiro atoms. The quantitative estimate of drug-likeness (QED) is 0.488. The molecule has 0 saturated heterocycles. The number of esters is 1. The molecule has 0 aliphatic rings. The molecule has 0 aliphatic carbocycles. The number of ether oxygens (including phenoxy) is 2. The lowest BCUT2D eigenvalue weighted by Crippen LogP contribution is -2.26. The SMILES string of the molecule is COC(=O)c1ccccc1NC(=O)c1nn(-c2ccc(OC)cc2)c(=O)c2ccccc12. The molecular weight excluding hydrogens is 410 g/mol. The first-order chi connectivity index (χ1) is 15.5. The smallest absolute Gasteiger partial charge is 0.339 e. The summed E-state index contributed by atoms with van der Waals surface area (Å²) in [5.41, 5.74) is 0.632. The van der Waals surface area contributed by atoms with Crippen molar-refractivity contribution >= 4 is 28.3 Å². The Morgan fingerprint density at radius 3 is 2.22 bits per heavy atom. The van der Waals surface area contributed by atoms with Gasteiger partial charge in [0.15, 0.2) is 5.69 Å². The van der Waals surface area contributed by atoms with Crippen LogP contribution in [-0.4, -0.2) is 35.9 Å². The maximum absolute atomic E-state index is 13.2. The van der Waals surface area contributed by atoms with Crippen molar-refractivity contribution in [3.8, 4) is 11.4 Å². The zero-order chi connectivity index (χ0) is 22.7. The van der Waals surface area contributed by atoms with Gasteiger partial charge in [-0.2, -0.15) is 9.78 Å². The van der Waals surface area contributed by atoms with E-state index >= 15 is 0 Å². The highest BCUT2D eigenvalue weighted by molar-refractivity contribution is 6.13. The van der Waals surface area contributed by atoms with Gasteiger partial charge in [0, 0.05) is 5.39 Å². The average molecular weight is 429 g/mol. The topological polar surface area (TPSA) is 99.5 Å². The Hall–Kier alpha value is -4.46. The number of carbonyl (C=O) groups excluding carboxylic acids is 2. The second kappa shape index (κ2) is 8.73. The summed E-state index contributed by atoms with van der Waals surface area (Å²) in [7, 11) is 2.81. The minimum atomic E-state index is -0.582. The van der Waals surface area contributed by atoms with Gasteiger partial charge in [0.1, 0.15) is 5.75 Å². The molecule has 160 valence electrons. The van der Waals surface area contributed by atoms with Gasteiger partial charge < -0.3 is 14.8 Å². The van der Waals surface area contributed by atoms with E-state index in [-0.39, 0.29) is 22.5 Å². The molecule has 8 heteroatoms. The molecule has 1 aromatic heterocycles. The minimum absolute atomic E-state index is 0.0377. The van der Waals surface area contributed by atoms with Crippen LogP contribution in [0.4, 0.5) is 5.69 Å². The number of anilines is 1. The Kier molecular flexibility index (Phi) is 5.67. The molecule has 8 nitrogen and oxygen atoms in total. The summed E-state index contributed by atoms with van der Waals surface area (Å²) in [5, 5.41) is 7.80. The van der Waals surface area contributed by atoms with Crippen molar-refractivity contribution in [3.63, 3.8) is 0 Å². The summed E-state index contributed by atoms with van der Waals surface area (Å²) in [5.74, 6) is -0.526. The number of rotatable bonds is 5. The van der Waals surface area contributed by atoms with Crippen LogP contribution in [-0.2, 0) is 4.74 Å². The van der Waals surface area contributed by atoms with E-state index in [1.165, 1.54) is 11.8 Å². The normalized spacial score (nSPS) is 10.6. The minimum Gasteiger partial charge on any atom is -0.497 e. The van der Waals surface area contributed by atoms with Gasteiger partial charge in [-0.25, -0.2) is 4.79 Å². The van der Waals surface area contributed by atoms with E-state index in [2.05, 4.69) is 10.4 Å². The summed E-state index contributed by atoms with van der Waals surface area (Å²) in [6.07, 6.45) is 0. The van der Waals surface area contributed by atoms with Crippen LogP contribution in [0.3, 0.4) is 0 Å². The fourth-order valence-corrected chi connectivity index (χ4v) is 3.32. The Labute approximate surface area is 183 Å². The third-order valence-electron chi connectivity index (χ3n) is 4.92. The van der Waals surface area contributed by atoms with Crippen LogP contribution in [0.25, 0.3) is 16.5 Å². The Morgan fingerprint density at radius 1 is 0.875 bits per heavy atom. The van der Waals surface area contributed by atoms with Gasteiger partial charge in [0.2, 0.25) is 0 Å². The van der Waals surface area contributed by atoms with E-state index < -0.39 is 11.9 Å². The molecule has 0 radical (unpaired) electrons. The lowest BCUT2D eigenvalue weighted by Gasteiger charge is -2.13. The predicted octanol–water partition coefficient (Wildman–Crippen LogP) is 3.43. The van der Waals surface area contributed by atoms with Crippen LogP contribution in [0.5, 0.6) is 5.75 Å². The van der Waals surface area contributed by atoms with Crippen molar-refractivity contribution in [1.29, 1.82) is 0 Å². The number of nitrogens with one attached hydrogen (secondary N) is 1. The summed E-state index contributed by atoms with van der Waals surface area (Å²) in [4.78, 5) is 38.4. The van der Waals surface area contributed by atoms with Crippen molar-refractivity contribution < 1.29 is 19.1 Å². The molecule has 1 amide bonds. The number of hydrogen-bond donors (Lipinski definition) is 1. The number of carbonyl (C=O) groups is 2. The molecule has 1 N–H and O–H groups in total. The molecule has 3 aromatic carbocycles. The Morgan fingerprint density at radius 2 is 1.53 bits per heavy atom. The molecule has 0 saturated carbocycles. The summed E-state index contributed by atoms with van der Waals surface area (Å²) in [6.45, 7) is 0. The van der Waals surface area contributed by atoms with Crippen LogP contribution in [0, 0.1) is 0 Å². The fourth-order valence-electron chi connectivity index (χ4n) is 3.32. The van der Waals surface area contributed by atoms with Gasteiger partial charge in [-0.1, -0.05) is 30.3 Å². The van der Waals surface area contributed by atoms with Crippen LogP contribution >= 0.6 is 0 Å². The molecule has 32 heavy (non-hydrogen) atoms. The monoisotopic (exact) mass is 429 g/mol. The van der Waals surface area contributed by atoms with Gasteiger partial charge in [-0.3, -0.25) is 9.59 Å². The molecule has 0 fully saturated rings. The van der Waals surface area contributed by atoms with Crippen molar-refractivity contribution in [3.05, 3.63) is 94.4 Å². The number of amides is 1. The molecule has 0 atom stereocenters. The maximum Gasteiger partial charge on any atom is 0.339 e. The first-order valence-corrected chi connectivity index (χ1v) is 9.68. The first-order valence-electron chi connectivity index (χ1n) is 9.68. The van der Waals surface area contributed by atoms with Gasteiger partial charge in [0.25, 0.3) is 11.5 Å². The molecule has 0 aliphatic heterocycles. The lowest BCUT2D eigenvalue weighted by atomic mass is 10.1. The molecule has 0 unspecified atom stereocenters. The van der Waals surface area contributed by atoms with E-state index in [4.69, 9.17) is 9.47 Å². The second-order valence-corrected chi connectivity index (χ2v) is 6.80. The molecule has 4 rings (SSSR count). The lowest BCUT2D eigenvalue weighted by molar-refractivity contribution is 0.0602. The second-order valence-electron chi connectivity index (χ2n) is 6.80. The van der Waals surface area contributed by atoms with Crippen molar-refractivity contribution in [2.75, 3.05) is 19.5 Å². The van der Waals surface area contributed by atoms with Crippen LogP contribution < -0.4 is 15.6 Å². The third-order valence-corrected chi connectivity index (χ3v) is 4.92. The van der Waals surface area contributed by atoms with Crippen molar-refractivity contribution in [1.82, 2.24) is 9.78 Å². The number of methoxy groups -OCH3 is 2. The average Bonchev–Trinajstić information content (AvgIpc) is 2.84. The zero-order valence-corrected chi connectivity index (χ0v) is 17.4. The molecule has 1 heterocycles. The van der Waals surface area contributed by atoms with Gasteiger partial charge in [-0.05, 0) is 42.5 Å². The van der Waals surface area contributed by atoms with Crippen LogP contribution in [0.15, 0.2) is 77.6 Å². The van der Waals surface area contributed by atoms with Crippen LogP contribution in [0.1, 0.15) is 20.8 Å². The van der Waals surface area contributed by atoms with E-state index in [9.17, 15) is 14.4 Å². The fraction of sp³-hybridized carbons (Fsp3) is 0.0833. The third kappa shape index (κ3) is 3.81. The summed E-state index contributed by atoms with van der Waals surface area (Å²) >= 11 is 0. The number of hydrogen-bond acceptors (Lipinski definition) is 6. The van der Waals surface area contributed by atoms with Crippen molar-refractivity contribution in [2.24, 2.45) is 0 Å². The first kappa shape index (κ1) is 20.8. The maximum atomic E-state index is 13.2. The number of nitrogens with zero attached hydrogens (tertiary/aromatic N) is 2. The number of fused-ring (bicyclic) bond motifs is 1. The molecule has 0 bridgehead atoms. The summed E-state index contributed by atoms with van der Waals surface area (Å²) in [6, 6.07) is 20.0. The Bertz CT molecular complexity index is 1380. The van der Waals surface area contributed by atoms with E-state index in [1.807, 2.05) is 0 Å². The number of para-hydroxylation sites is 1. The summed E-state index contributed by atoms with van der Waals surface area (Å²) < 4.78 is 11.1. The van der Waals surface area contributed by atoms with Crippen molar-refractivity contribution in [2.45, 2.75) is 0 Å². The van der Waals surface area contributed by atoms with E-state index in [1.54, 1.807) is 79.9 Å². The van der Waals surface area contributed by atoms with E-state index in [0.717, 1.165) is 0 Å². The zero-order valence-electron chi connectivity index (χ0n) is 17.4. The number of aromatic nitrogens is 2. The molecule has 4 aromatic rings. The number of benzene rings is 3. The van der Waals surface area contributed by atoms with Gasteiger partial charge >= 0.3 is 5.97 Å². The Balaban J connectivity index is 1.84. The van der Waals surface area contributed by atoms with Gasteiger partial charge in [0.05, 0.1) is 36.5 Å². The highest BCUT2D eigenvalue weighted by Crippen LogP contribution is 2.21. The largest absolute Gasteiger partial charge is 0.497 e. The predicted molar refractivity (Wildman–Crippen MR) is 120 cm³/mol. The van der Waals surface area contributed by atoms with Crippen LogP contribution in [0.2, 0.25) is 0 Å². The van der Waals surface area contributed by atoms with E-state index in [0.29, 0.717) is 22.2 Å². The highest BCUT2D eigenvalue weighted by Gasteiger charge is 2.20.